The van der Waals surface area contributed by atoms with E-state index in [1.54, 1.807) is 30.5 Å². The molecule has 2 aromatic heterocycles. The number of carbonyl (C=O) groups is 1. The minimum absolute atomic E-state index is 0.119. The van der Waals surface area contributed by atoms with Crippen molar-refractivity contribution in [2.24, 2.45) is 0 Å². The molecule has 0 unspecified atom stereocenters. The number of nitrogens with zero attached hydrogens (tertiary/aromatic N) is 5. The predicted molar refractivity (Wildman–Crippen MR) is 119 cm³/mol. The van der Waals surface area contributed by atoms with Crippen LogP contribution in [0.1, 0.15) is 25.1 Å². The molecule has 0 bridgehead atoms. The van der Waals surface area contributed by atoms with Crippen molar-refractivity contribution in [3.63, 3.8) is 0 Å². The zero-order valence-corrected chi connectivity index (χ0v) is 18.4. The monoisotopic (exact) mass is 460 g/mol. The first kappa shape index (κ1) is 21.7. The number of benzene rings is 1. The van der Waals surface area contributed by atoms with Crippen molar-refractivity contribution in [3.8, 4) is 5.69 Å². The summed E-state index contributed by atoms with van der Waals surface area (Å²) in [6, 6.07) is 9.59. The van der Waals surface area contributed by atoms with E-state index in [0.29, 0.717) is 17.4 Å². The van der Waals surface area contributed by atoms with Crippen molar-refractivity contribution >= 4 is 35.0 Å². The highest BCUT2D eigenvalue weighted by Gasteiger charge is 2.20. The molecule has 1 amide bonds. The lowest BCUT2D eigenvalue weighted by molar-refractivity contribution is -0.113. The van der Waals surface area contributed by atoms with E-state index in [2.05, 4.69) is 25.4 Å². The topological polar surface area (TPSA) is 75.9 Å². The molecule has 1 aliphatic rings. The van der Waals surface area contributed by atoms with E-state index in [1.807, 2.05) is 4.57 Å². The maximum absolute atomic E-state index is 13.5. The smallest absolute Gasteiger partial charge is 0.234 e. The van der Waals surface area contributed by atoms with Crippen LogP contribution < -0.4 is 5.32 Å². The Morgan fingerprint density at radius 2 is 1.90 bits per heavy atom. The van der Waals surface area contributed by atoms with Gasteiger partial charge in [0, 0.05) is 11.9 Å². The highest BCUT2D eigenvalue weighted by molar-refractivity contribution is 7.99. The van der Waals surface area contributed by atoms with Gasteiger partial charge in [-0.3, -0.25) is 14.3 Å². The second kappa shape index (κ2) is 10.2. The Bertz CT molecular complexity index is 1040. The zero-order valence-electron chi connectivity index (χ0n) is 16.8. The summed E-state index contributed by atoms with van der Waals surface area (Å²) in [6.45, 7) is 2.70. The number of aromatic nitrogens is 4. The number of likely N-dealkylation sites (tertiary alicyclic amines) is 1. The SMILES string of the molecule is O=C(CSc1nnc(CN2CCCCC2)n1-c1ccc(F)cc1)Nc1cccnc1Cl. The Morgan fingerprint density at radius 3 is 2.65 bits per heavy atom. The molecule has 0 spiro atoms. The molecule has 0 atom stereocenters. The van der Waals surface area contributed by atoms with Gasteiger partial charge in [0.05, 0.1) is 18.0 Å². The Kier molecular flexibility index (Phi) is 7.16. The van der Waals surface area contributed by atoms with E-state index in [-0.39, 0.29) is 22.6 Å². The average molecular weight is 461 g/mol. The van der Waals surface area contributed by atoms with Crippen LogP contribution in [-0.4, -0.2) is 49.4 Å². The number of halogens is 2. The third kappa shape index (κ3) is 5.61. The van der Waals surface area contributed by atoms with Crippen LogP contribution in [-0.2, 0) is 11.3 Å². The molecule has 10 heteroatoms. The van der Waals surface area contributed by atoms with Crippen molar-refractivity contribution in [1.82, 2.24) is 24.6 Å². The lowest BCUT2D eigenvalue weighted by atomic mass is 10.1. The number of anilines is 1. The minimum Gasteiger partial charge on any atom is -0.323 e. The average Bonchev–Trinajstić information content (AvgIpc) is 3.17. The van der Waals surface area contributed by atoms with Gasteiger partial charge in [0.25, 0.3) is 0 Å². The molecular weight excluding hydrogens is 439 g/mol. The quantitative estimate of drug-likeness (QED) is 0.421. The lowest BCUT2D eigenvalue weighted by Gasteiger charge is -2.26. The van der Waals surface area contributed by atoms with Crippen LogP contribution in [0.4, 0.5) is 10.1 Å². The summed E-state index contributed by atoms with van der Waals surface area (Å²) in [7, 11) is 0. The molecule has 1 fully saturated rings. The standard InChI is InChI=1S/C21H22ClFN6OS/c22-20-17(5-4-10-24-20)25-19(30)14-31-21-27-26-18(13-28-11-2-1-3-12-28)29(21)16-8-6-15(23)7-9-16/h4-10H,1-3,11-14H2,(H,25,30). The van der Waals surface area contributed by atoms with Gasteiger partial charge in [-0.1, -0.05) is 29.8 Å². The third-order valence-electron chi connectivity index (χ3n) is 4.96. The van der Waals surface area contributed by atoms with Gasteiger partial charge in [-0.25, -0.2) is 9.37 Å². The van der Waals surface area contributed by atoms with E-state index in [4.69, 9.17) is 11.6 Å². The molecule has 0 radical (unpaired) electrons. The van der Waals surface area contributed by atoms with Crippen molar-refractivity contribution in [1.29, 1.82) is 0 Å². The van der Waals surface area contributed by atoms with Crippen LogP contribution in [0, 0.1) is 5.82 Å². The number of hydrogen-bond acceptors (Lipinski definition) is 6. The molecule has 0 aliphatic carbocycles. The maximum Gasteiger partial charge on any atom is 0.234 e. The van der Waals surface area contributed by atoms with E-state index in [9.17, 15) is 9.18 Å². The fraction of sp³-hybridized carbons (Fsp3) is 0.333. The van der Waals surface area contributed by atoms with Gasteiger partial charge < -0.3 is 5.32 Å². The minimum atomic E-state index is -0.309. The van der Waals surface area contributed by atoms with E-state index < -0.39 is 0 Å². The molecule has 31 heavy (non-hydrogen) atoms. The van der Waals surface area contributed by atoms with Gasteiger partial charge in [-0.15, -0.1) is 10.2 Å². The van der Waals surface area contributed by atoms with Gasteiger partial charge in [0.2, 0.25) is 5.91 Å². The highest BCUT2D eigenvalue weighted by atomic mass is 35.5. The number of rotatable bonds is 7. The first-order valence-corrected chi connectivity index (χ1v) is 11.4. The van der Waals surface area contributed by atoms with Gasteiger partial charge in [-0.2, -0.15) is 0 Å². The summed E-state index contributed by atoms with van der Waals surface area (Å²) in [4.78, 5) is 18.7. The molecule has 162 valence electrons. The van der Waals surface area contributed by atoms with Crippen LogP contribution in [0.3, 0.4) is 0 Å². The second-order valence-corrected chi connectivity index (χ2v) is 8.53. The molecule has 1 aliphatic heterocycles. The molecular formula is C21H22ClFN6OS. The molecule has 1 saturated heterocycles. The van der Waals surface area contributed by atoms with Gasteiger partial charge in [0.1, 0.15) is 5.82 Å². The van der Waals surface area contributed by atoms with E-state index in [1.165, 1.54) is 43.2 Å². The van der Waals surface area contributed by atoms with Crippen LogP contribution in [0.15, 0.2) is 47.8 Å². The molecule has 3 heterocycles. The number of piperidine rings is 1. The summed E-state index contributed by atoms with van der Waals surface area (Å²) in [5.41, 5.74) is 1.22. The van der Waals surface area contributed by atoms with Gasteiger partial charge in [-0.05, 0) is 62.3 Å². The number of hydrogen-bond donors (Lipinski definition) is 1. The molecule has 3 aromatic rings. The summed E-state index contributed by atoms with van der Waals surface area (Å²) < 4.78 is 15.4. The summed E-state index contributed by atoms with van der Waals surface area (Å²) in [6.07, 6.45) is 5.15. The van der Waals surface area contributed by atoms with Gasteiger partial charge in [0.15, 0.2) is 16.1 Å². The largest absolute Gasteiger partial charge is 0.323 e. The molecule has 0 saturated carbocycles. The highest BCUT2D eigenvalue weighted by Crippen LogP contribution is 2.25. The fourth-order valence-corrected chi connectivity index (χ4v) is 4.40. The second-order valence-electron chi connectivity index (χ2n) is 7.23. The van der Waals surface area contributed by atoms with Crippen molar-refractivity contribution < 1.29 is 9.18 Å². The number of thioether (sulfide) groups is 1. The zero-order chi connectivity index (χ0) is 21.6. The maximum atomic E-state index is 13.5. The van der Waals surface area contributed by atoms with Crippen LogP contribution in [0.2, 0.25) is 5.15 Å². The van der Waals surface area contributed by atoms with Crippen LogP contribution >= 0.6 is 23.4 Å². The Hall–Kier alpha value is -2.49. The Labute approximate surface area is 189 Å². The van der Waals surface area contributed by atoms with Crippen LogP contribution in [0.25, 0.3) is 5.69 Å². The lowest BCUT2D eigenvalue weighted by Crippen LogP contribution is -2.30. The Balaban J connectivity index is 1.51. The first-order chi connectivity index (χ1) is 15.1. The number of nitrogens with one attached hydrogen (secondary N) is 1. The molecule has 1 N–H and O–H groups in total. The number of carbonyl (C=O) groups excluding carboxylic acids is 1. The summed E-state index contributed by atoms with van der Waals surface area (Å²) in [5, 5.41) is 12.3. The van der Waals surface area contributed by atoms with E-state index >= 15 is 0 Å². The normalized spacial score (nSPS) is 14.5. The molecule has 4 rings (SSSR count). The van der Waals surface area contributed by atoms with Crippen molar-refractivity contribution in [2.75, 3.05) is 24.2 Å². The summed E-state index contributed by atoms with van der Waals surface area (Å²) >= 11 is 7.27. The van der Waals surface area contributed by atoms with Gasteiger partial charge >= 0.3 is 0 Å². The third-order valence-corrected chi connectivity index (χ3v) is 6.19. The molecule has 7 nitrogen and oxygen atoms in total. The number of amides is 1. The first-order valence-electron chi connectivity index (χ1n) is 10.1. The van der Waals surface area contributed by atoms with Crippen LogP contribution in [0.5, 0.6) is 0 Å². The predicted octanol–water partition coefficient (Wildman–Crippen LogP) is 4.17. The van der Waals surface area contributed by atoms with E-state index in [0.717, 1.165) is 24.6 Å². The van der Waals surface area contributed by atoms with Crippen molar-refractivity contribution in [2.45, 2.75) is 31.0 Å². The Morgan fingerprint density at radius 1 is 1.13 bits per heavy atom. The number of pyridine rings is 1. The molecule has 1 aromatic carbocycles. The van der Waals surface area contributed by atoms with Crippen molar-refractivity contribution in [3.05, 3.63) is 59.4 Å². The summed E-state index contributed by atoms with van der Waals surface area (Å²) in [5.74, 6) is 0.350. The fourth-order valence-electron chi connectivity index (χ4n) is 3.46.